The molecule has 0 unspecified atom stereocenters. The second-order valence-corrected chi connectivity index (χ2v) is 13.5. The molecule has 2 aromatic carbocycles. The number of benzene rings is 2. The highest BCUT2D eigenvalue weighted by Crippen LogP contribution is 2.47. The highest BCUT2D eigenvalue weighted by atomic mass is 16.3. The number of hydrogen-bond donors (Lipinski definition) is 2. The molecule has 3 aliphatic heterocycles. The Hall–Kier alpha value is -4.01. The lowest BCUT2D eigenvalue weighted by molar-refractivity contribution is -0.139. The van der Waals surface area contributed by atoms with Crippen LogP contribution in [0.1, 0.15) is 82.9 Å². The molecule has 0 aromatic heterocycles. The maximum absolute atomic E-state index is 14.2. The van der Waals surface area contributed by atoms with Gasteiger partial charge in [-0.2, -0.15) is 0 Å². The number of hydrogen-bond acceptors (Lipinski definition) is 5. The van der Waals surface area contributed by atoms with E-state index in [-0.39, 0.29) is 30.9 Å². The average molecular weight is 640 g/mol. The molecular weight excluding hydrogens is 590 g/mol. The maximum Gasteiger partial charge on any atom is 0.264 e. The Morgan fingerprint density at radius 2 is 1.83 bits per heavy atom. The van der Waals surface area contributed by atoms with E-state index in [0.717, 1.165) is 42.4 Å². The lowest BCUT2D eigenvalue weighted by atomic mass is 9.82. The van der Waals surface area contributed by atoms with Gasteiger partial charge in [0.05, 0.1) is 18.3 Å². The van der Waals surface area contributed by atoms with Gasteiger partial charge < -0.3 is 24.9 Å². The van der Waals surface area contributed by atoms with Crippen molar-refractivity contribution in [1.82, 2.24) is 4.90 Å². The first-order valence-electron chi connectivity index (χ1n) is 17.0. The molecule has 5 rings (SSSR count). The quantitative estimate of drug-likeness (QED) is 0.296. The third-order valence-electron chi connectivity index (χ3n) is 9.86. The number of carbonyl (C=O) groups excluding carboxylic acids is 3. The molecular formula is C39H49N3O5. The molecule has 0 saturated carbocycles. The van der Waals surface area contributed by atoms with E-state index in [1.165, 1.54) is 5.57 Å². The van der Waals surface area contributed by atoms with Gasteiger partial charge in [-0.05, 0) is 82.2 Å². The number of aliphatic hydroxyl groups is 2. The highest BCUT2D eigenvalue weighted by Gasteiger charge is 2.52. The topological polar surface area (TPSA) is 101 Å². The second kappa shape index (κ2) is 14.8. The van der Waals surface area contributed by atoms with Crippen LogP contribution in [-0.2, 0) is 33.0 Å². The van der Waals surface area contributed by atoms with Crippen LogP contribution in [0.15, 0.2) is 77.9 Å². The number of anilines is 2. The Balaban J connectivity index is 1.38. The number of piperidine rings is 1. The Kier molecular flexibility index (Phi) is 10.8. The molecule has 8 nitrogen and oxygen atoms in total. The zero-order valence-electron chi connectivity index (χ0n) is 28.2. The molecule has 250 valence electrons. The summed E-state index contributed by atoms with van der Waals surface area (Å²) in [6, 6.07) is 13.2. The second-order valence-electron chi connectivity index (χ2n) is 13.5. The first-order chi connectivity index (χ1) is 22.5. The zero-order chi connectivity index (χ0) is 33.7. The predicted octanol–water partition coefficient (Wildman–Crippen LogP) is 5.96. The summed E-state index contributed by atoms with van der Waals surface area (Å²) in [4.78, 5) is 45.4. The van der Waals surface area contributed by atoms with Gasteiger partial charge in [-0.1, -0.05) is 66.6 Å². The molecule has 0 bridgehead atoms. The monoisotopic (exact) mass is 639 g/mol. The van der Waals surface area contributed by atoms with Crippen LogP contribution in [0.3, 0.4) is 0 Å². The minimum atomic E-state index is -1.87. The molecule has 0 spiro atoms. The summed E-state index contributed by atoms with van der Waals surface area (Å²) < 4.78 is 0. The Morgan fingerprint density at radius 1 is 1.06 bits per heavy atom. The summed E-state index contributed by atoms with van der Waals surface area (Å²) in [7, 11) is 0. The van der Waals surface area contributed by atoms with Crippen LogP contribution in [0.2, 0.25) is 0 Å². The normalized spacial score (nSPS) is 22.0. The van der Waals surface area contributed by atoms with E-state index < -0.39 is 17.4 Å². The van der Waals surface area contributed by atoms with Crippen molar-refractivity contribution in [2.75, 3.05) is 29.5 Å². The number of rotatable bonds is 11. The highest BCUT2D eigenvalue weighted by molar-refractivity contribution is 6.08. The standard InChI is InChI=1S/C39H49N3O5/c1-27(2)11-9-12-28(3)20-22-41-35-19-18-32(40-21-8-7-16-36(40)44)24-34(35)39(47,38(41)46)29(4)13-10-17-37(45)42-25-31-15-6-5-14-30(31)23-33(42)26-43/h5-6,10-11,13-15,18-20,24,29,33,43,47H,7-9,12,16-17,21-23,25-26H2,1-4H3/b13-10+,28-20+/t29-,33+,39+/m1/s1. The fourth-order valence-corrected chi connectivity index (χ4v) is 6.97. The van der Waals surface area contributed by atoms with E-state index in [2.05, 4.69) is 26.8 Å². The molecule has 1 fully saturated rings. The summed E-state index contributed by atoms with van der Waals surface area (Å²) >= 11 is 0. The third-order valence-corrected chi connectivity index (χ3v) is 9.86. The summed E-state index contributed by atoms with van der Waals surface area (Å²) in [5.74, 6) is -1.14. The van der Waals surface area contributed by atoms with Crippen molar-refractivity contribution in [3.8, 4) is 0 Å². The van der Waals surface area contributed by atoms with Gasteiger partial charge >= 0.3 is 0 Å². The van der Waals surface area contributed by atoms with Crippen LogP contribution >= 0.6 is 0 Å². The maximum atomic E-state index is 14.2. The van der Waals surface area contributed by atoms with Gasteiger partial charge in [-0.3, -0.25) is 14.4 Å². The van der Waals surface area contributed by atoms with E-state index in [9.17, 15) is 24.6 Å². The van der Waals surface area contributed by atoms with E-state index in [1.807, 2.05) is 42.5 Å². The molecule has 1 saturated heterocycles. The van der Waals surface area contributed by atoms with Crippen molar-refractivity contribution in [2.45, 2.75) is 90.8 Å². The smallest absolute Gasteiger partial charge is 0.264 e. The minimum absolute atomic E-state index is 0.0452. The first kappa shape index (κ1) is 34.3. The molecule has 3 aliphatic rings. The Morgan fingerprint density at radius 3 is 2.55 bits per heavy atom. The van der Waals surface area contributed by atoms with Gasteiger partial charge in [0, 0.05) is 49.6 Å². The van der Waals surface area contributed by atoms with Crippen LogP contribution in [0.25, 0.3) is 0 Å². The Bertz CT molecular complexity index is 1590. The van der Waals surface area contributed by atoms with Gasteiger partial charge in [-0.15, -0.1) is 0 Å². The number of aliphatic hydroxyl groups excluding tert-OH is 1. The lowest BCUT2D eigenvalue weighted by Crippen LogP contribution is -2.46. The number of amides is 3. The molecule has 3 amide bonds. The molecule has 0 radical (unpaired) electrons. The third kappa shape index (κ3) is 7.29. The predicted molar refractivity (Wildman–Crippen MR) is 186 cm³/mol. The average Bonchev–Trinajstić information content (AvgIpc) is 3.28. The van der Waals surface area contributed by atoms with Crippen LogP contribution in [-0.4, -0.2) is 58.6 Å². The van der Waals surface area contributed by atoms with Gasteiger partial charge in [0.1, 0.15) is 0 Å². The molecule has 47 heavy (non-hydrogen) atoms. The largest absolute Gasteiger partial charge is 0.394 e. The summed E-state index contributed by atoms with van der Waals surface area (Å²) in [6.07, 6.45) is 12.4. The Labute approximate surface area is 279 Å². The summed E-state index contributed by atoms with van der Waals surface area (Å²) in [6.45, 7) is 9.26. The van der Waals surface area contributed by atoms with Crippen LogP contribution in [0, 0.1) is 5.92 Å². The first-order valence-corrected chi connectivity index (χ1v) is 17.0. The van der Waals surface area contributed by atoms with Gasteiger partial charge in [0.2, 0.25) is 11.8 Å². The van der Waals surface area contributed by atoms with Crippen molar-refractivity contribution in [3.63, 3.8) is 0 Å². The number of allylic oxidation sites excluding steroid dienone is 3. The number of carbonyl (C=O) groups is 3. The summed E-state index contributed by atoms with van der Waals surface area (Å²) in [5.41, 5.74) is 4.58. The van der Waals surface area contributed by atoms with Crippen LogP contribution in [0.4, 0.5) is 11.4 Å². The minimum Gasteiger partial charge on any atom is -0.394 e. The van der Waals surface area contributed by atoms with Crippen molar-refractivity contribution >= 4 is 29.1 Å². The van der Waals surface area contributed by atoms with Crippen molar-refractivity contribution in [1.29, 1.82) is 0 Å². The summed E-state index contributed by atoms with van der Waals surface area (Å²) in [5, 5.41) is 22.3. The SMILES string of the molecule is CC(C)=CCC/C(C)=C/CN1C(=O)[C@](O)([C@H](C)/C=C/CC(=O)N2Cc3ccccc3C[C@H]2CO)c2cc(N3CCCCC3=O)ccc21. The molecule has 3 atom stereocenters. The van der Waals surface area contributed by atoms with Gasteiger partial charge in [0.25, 0.3) is 5.91 Å². The number of fused-ring (bicyclic) bond motifs is 2. The fraction of sp³-hybridized carbons (Fsp3) is 0.462. The molecule has 2 aromatic rings. The van der Waals surface area contributed by atoms with Crippen LogP contribution < -0.4 is 9.80 Å². The molecule has 0 aliphatic carbocycles. The van der Waals surface area contributed by atoms with Gasteiger partial charge in [0.15, 0.2) is 5.60 Å². The van der Waals surface area contributed by atoms with Crippen molar-refractivity contribution in [2.24, 2.45) is 5.92 Å². The molecule has 8 heteroatoms. The molecule has 3 heterocycles. The van der Waals surface area contributed by atoms with Crippen molar-refractivity contribution in [3.05, 3.63) is 94.6 Å². The van der Waals surface area contributed by atoms with E-state index in [1.54, 1.807) is 39.8 Å². The van der Waals surface area contributed by atoms with Crippen molar-refractivity contribution < 1.29 is 24.6 Å². The van der Waals surface area contributed by atoms with E-state index in [0.29, 0.717) is 49.4 Å². The lowest BCUT2D eigenvalue weighted by Gasteiger charge is -2.36. The van der Waals surface area contributed by atoms with E-state index in [4.69, 9.17) is 0 Å². The fourth-order valence-electron chi connectivity index (χ4n) is 6.97. The van der Waals surface area contributed by atoms with Gasteiger partial charge in [-0.25, -0.2) is 0 Å². The van der Waals surface area contributed by atoms with Crippen LogP contribution in [0.5, 0.6) is 0 Å². The van der Waals surface area contributed by atoms with E-state index >= 15 is 0 Å². The number of nitrogens with zero attached hydrogens (tertiary/aromatic N) is 3. The molecule has 2 N–H and O–H groups in total. The zero-order valence-corrected chi connectivity index (χ0v) is 28.2.